The van der Waals surface area contributed by atoms with Crippen LogP contribution in [0, 0.1) is 5.82 Å². The van der Waals surface area contributed by atoms with Crippen LogP contribution in [0.5, 0.6) is 0 Å². The summed E-state index contributed by atoms with van der Waals surface area (Å²) in [5.41, 5.74) is 1.79. The molecule has 0 saturated heterocycles. The van der Waals surface area contributed by atoms with Gasteiger partial charge in [-0.15, -0.1) is 5.10 Å². The molecule has 0 fully saturated rings. The molecule has 5 rings (SSSR count). The van der Waals surface area contributed by atoms with Gasteiger partial charge in [0.05, 0.1) is 6.26 Å². The second kappa shape index (κ2) is 6.54. The normalized spacial score (nSPS) is 11.0. The number of hydrogen-bond acceptors (Lipinski definition) is 7. The van der Waals surface area contributed by atoms with E-state index >= 15 is 0 Å². The summed E-state index contributed by atoms with van der Waals surface area (Å²) in [5.74, 6) is 0.444. The zero-order valence-electron chi connectivity index (χ0n) is 14.2. The molecule has 5 aromatic rings. The number of aromatic nitrogens is 6. The number of hydrogen-bond donors (Lipinski definition) is 0. The molecule has 4 heterocycles. The second-order valence-corrected chi connectivity index (χ2v) is 5.79. The molecule has 0 spiro atoms. The molecule has 0 radical (unpaired) electrons. The lowest BCUT2D eigenvalue weighted by Gasteiger charge is -2.08. The van der Waals surface area contributed by atoms with Crippen molar-refractivity contribution < 1.29 is 13.3 Å². The zero-order chi connectivity index (χ0) is 18.9. The summed E-state index contributed by atoms with van der Waals surface area (Å²) in [6, 6.07) is 13.3. The Morgan fingerprint density at radius 1 is 0.964 bits per heavy atom. The van der Waals surface area contributed by atoms with Crippen LogP contribution in [0.3, 0.4) is 0 Å². The molecule has 0 amide bonds. The van der Waals surface area contributed by atoms with Crippen LogP contribution >= 0.6 is 0 Å². The van der Waals surface area contributed by atoms with E-state index in [2.05, 4.69) is 25.4 Å². The standard InChI is InChI=1S/C19H11FN6O2/c20-13-4-1-2-5-14(13)26-17(12-7-9-21-10-8-12)16(23-25-26)19-22-18(24-28-19)15-6-3-11-27-15/h1-11H. The lowest BCUT2D eigenvalue weighted by molar-refractivity contribution is 0.428. The van der Waals surface area contributed by atoms with E-state index in [1.165, 1.54) is 17.0 Å². The minimum atomic E-state index is -0.434. The van der Waals surface area contributed by atoms with Gasteiger partial charge < -0.3 is 8.94 Å². The maximum atomic E-state index is 14.4. The first-order chi connectivity index (χ1) is 13.8. The Morgan fingerprint density at radius 2 is 1.82 bits per heavy atom. The molecule has 28 heavy (non-hydrogen) atoms. The van der Waals surface area contributed by atoms with Gasteiger partial charge in [-0.25, -0.2) is 9.07 Å². The van der Waals surface area contributed by atoms with E-state index < -0.39 is 5.82 Å². The Hall–Kier alpha value is -4.14. The second-order valence-electron chi connectivity index (χ2n) is 5.79. The first-order valence-corrected chi connectivity index (χ1v) is 8.30. The molecule has 0 bridgehead atoms. The van der Waals surface area contributed by atoms with Gasteiger partial charge >= 0.3 is 0 Å². The number of rotatable bonds is 4. The number of para-hydroxylation sites is 1. The third kappa shape index (κ3) is 2.65. The van der Waals surface area contributed by atoms with Crippen LogP contribution in [-0.2, 0) is 0 Å². The highest BCUT2D eigenvalue weighted by molar-refractivity contribution is 5.75. The number of nitrogens with zero attached hydrogens (tertiary/aromatic N) is 6. The molecule has 9 heteroatoms. The van der Waals surface area contributed by atoms with Crippen molar-refractivity contribution in [2.24, 2.45) is 0 Å². The third-order valence-electron chi connectivity index (χ3n) is 4.07. The van der Waals surface area contributed by atoms with Gasteiger partial charge in [0.1, 0.15) is 17.2 Å². The zero-order valence-corrected chi connectivity index (χ0v) is 14.2. The summed E-state index contributed by atoms with van der Waals surface area (Å²) in [5, 5.41) is 12.2. The molecular formula is C19H11FN6O2. The molecule has 0 N–H and O–H groups in total. The van der Waals surface area contributed by atoms with E-state index in [1.807, 2.05) is 0 Å². The summed E-state index contributed by atoms with van der Waals surface area (Å²) >= 11 is 0. The van der Waals surface area contributed by atoms with Gasteiger partial charge in [-0.3, -0.25) is 4.98 Å². The largest absolute Gasteiger partial charge is 0.461 e. The molecule has 4 aromatic heterocycles. The van der Waals surface area contributed by atoms with Gasteiger partial charge in [-0.1, -0.05) is 22.5 Å². The van der Waals surface area contributed by atoms with Gasteiger partial charge in [-0.05, 0) is 36.4 Å². The fourth-order valence-electron chi connectivity index (χ4n) is 2.81. The molecule has 136 valence electrons. The average Bonchev–Trinajstić information content (AvgIpc) is 3.48. The summed E-state index contributed by atoms with van der Waals surface area (Å²) in [4.78, 5) is 8.37. The van der Waals surface area contributed by atoms with E-state index in [4.69, 9.17) is 8.94 Å². The summed E-state index contributed by atoms with van der Waals surface area (Å²) in [6.07, 6.45) is 4.77. The Balaban J connectivity index is 1.70. The van der Waals surface area contributed by atoms with Gasteiger partial charge in [0.15, 0.2) is 11.5 Å². The van der Waals surface area contributed by atoms with E-state index in [1.54, 1.807) is 54.9 Å². The highest BCUT2D eigenvalue weighted by Crippen LogP contribution is 2.32. The number of pyridine rings is 1. The Bertz CT molecular complexity index is 1230. The molecular weight excluding hydrogens is 363 g/mol. The topological polar surface area (TPSA) is 95.7 Å². The highest BCUT2D eigenvalue weighted by atomic mass is 19.1. The molecule has 0 aliphatic rings. The molecule has 8 nitrogen and oxygen atoms in total. The minimum absolute atomic E-state index is 0.140. The molecule has 0 atom stereocenters. The average molecular weight is 374 g/mol. The molecule has 1 aromatic carbocycles. The monoisotopic (exact) mass is 374 g/mol. The Labute approximate surface area is 157 Å². The third-order valence-corrected chi connectivity index (χ3v) is 4.07. The number of benzene rings is 1. The highest BCUT2D eigenvalue weighted by Gasteiger charge is 2.24. The quantitative estimate of drug-likeness (QED) is 0.472. The van der Waals surface area contributed by atoms with E-state index in [0.717, 1.165) is 5.56 Å². The van der Waals surface area contributed by atoms with Gasteiger partial charge in [-0.2, -0.15) is 4.98 Å². The van der Waals surface area contributed by atoms with Crippen LogP contribution in [0.4, 0.5) is 4.39 Å². The predicted molar refractivity (Wildman–Crippen MR) is 95.5 cm³/mol. The van der Waals surface area contributed by atoms with Crippen molar-refractivity contribution in [1.82, 2.24) is 30.1 Å². The Kier molecular flexibility index (Phi) is 3.75. The molecule has 0 aliphatic heterocycles. The van der Waals surface area contributed by atoms with Crippen molar-refractivity contribution in [1.29, 1.82) is 0 Å². The molecule has 0 aliphatic carbocycles. The van der Waals surface area contributed by atoms with Crippen molar-refractivity contribution in [3.05, 3.63) is 73.0 Å². The van der Waals surface area contributed by atoms with Crippen LogP contribution in [0.1, 0.15) is 0 Å². The van der Waals surface area contributed by atoms with Gasteiger partial charge in [0.2, 0.25) is 5.82 Å². The number of furan rings is 1. The summed E-state index contributed by atoms with van der Waals surface area (Å²) in [6.45, 7) is 0. The first-order valence-electron chi connectivity index (χ1n) is 8.30. The van der Waals surface area contributed by atoms with Crippen LogP contribution < -0.4 is 0 Å². The van der Waals surface area contributed by atoms with Crippen LogP contribution in [0.15, 0.2) is 76.1 Å². The van der Waals surface area contributed by atoms with Gasteiger partial charge in [0.25, 0.3) is 5.89 Å². The maximum absolute atomic E-state index is 14.4. The minimum Gasteiger partial charge on any atom is -0.461 e. The van der Waals surface area contributed by atoms with E-state index in [-0.39, 0.29) is 17.4 Å². The molecule has 0 unspecified atom stereocenters. The van der Waals surface area contributed by atoms with E-state index in [9.17, 15) is 4.39 Å². The smallest absolute Gasteiger partial charge is 0.281 e. The maximum Gasteiger partial charge on any atom is 0.281 e. The predicted octanol–water partition coefficient (Wildman–Crippen LogP) is 3.78. The van der Waals surface area contributed by atoms with Crippen LogP contribution in [-0.4, -0.2) is 30.1 Å². The van der Waals surface area contributed by atoms with Crippen LogP contribution in [0.2, 0.25) is 0 Å². The SMILES string of the molecule is Fc1ccccc1-n1nnc(-c2nc(-c3ccco3)no2)c1-c1ccncc1. The van der Waals surface area contributed by atoms with Crippen LogP contribution in [0.25, 0.3) is 40.1 Å². The number of halogens is 1. The lowest BCUT2D eigenvalue weighted by Crippen LogP contribution is -2.02. The summed E-state index contributed by atoms with van der Waals surface area (Å²) in [7, 11) is 0. The van der Waals surface area contributed by atoms with Crippen molar-refractivity contribution in [3.8, 4) is 40.1 Å². The fourth-order valence-corrected chi connectivity index (χ4v) is 2.81. The van der Waals surface area contributed by atoms with Crippen molar-refractivity contribution in [2.75, 3.05) is 0 Å². The lowest BCUT2D eigenvalue weighted by atomic mass is 10.1. The van der Waals surface area contributed by atoms with Crippen molar-refractivity contribution >= 4 is 0 Å². The van der Waals surface area contributed by atoms with Gasteiger partial charge in [0, 0.05) is 18.0 Å². The summed E-state index contributed by atoms with van der Waals surface area (Å²) < 4.78 is 26.5. The van der Waals surface area contributed by atoms with Crippen molar-refractivity contribution in [3.63, 3.8) is 0 Å². The van der Waals surface area contributed by atoms with Crippen molar-refractivity contribution in [2.45, 2.75) is 0 Å². The van der Waals surface area contributed by atoms with E-state index in [0.29, 0.717) is 17.1 Å². The molecule has 0 saturated carbocycles. The Morgan fingerprint density at radius 3 is 2.61 bits per heavy atom. The fraction of sp³-hybridized carbons (Fsp3) is 0. The first kappa shape index (κ1) is 16.1.